The number of nitrogens with zero attached hydrogens (tertiary/aromatic N) is 2. The van der Waals surface area contributed by atoms with Gasteiger partial charge in [0.1, 0.15) is 6.04 Å². The Hall–Kier alpha value is -3.52. The minimum atomic E-state index is -0.840. The Labute approximate surface area is 200 Å². The Morgan fingerprint density at radius 2 is 1.53 bits per heavy atom. The number of carbonyl (C=O) groups is 4. The summed E-state index contributed by atoms with van der Waals surface area (Å²) in [4.78, 5) is 54.5. The van der Waals surface area contributed by atoms with E-state index in [0.29, 0.717) is 17.5 Å². The highest BCUT2D eigenvalue weighted by atomic mass is 16.2. The first kappa shape index (κ1) is 25.1. The average Bonchev–Trinajstić information content (AvgIpc) is 3.07. The number of likely N-dealkylation sites (N-methyl/N-ethyl adjacent to an activating group) is 1. The highest BCUT2D eigenvalue weighted by Gasteiger charge is 2.37. The van der Waals surface area contributed by atoms with Crippen LogP contribution in [-0.2, 0) is 16.0 Å². The lowest BCUT2D eigenvalue weighted by Gasteiger charge is -2.34. The van der Waals surface area contributed by atoms with Crippen LogP contribution in [0.25, 0.3) is 0 Å². The van der Waals surface area contributed by atoms with E-state index in [9.17, 15) is 19.2 Å². The quantitative estimate of drug-likeness (QED) is 0.521. The second kappa shape index (κ2) is 11.1. The summed E-state index contributed by atoms with van der Waals surface area (Å²) in [6.07, 6.45) is 0.733. The Morgan fingerprint density at radius 1 is 0.971 bits per heavy atom. The van der Waals surface area contributed by atoms with Crippen molar-refractivity contribution in [3.05, 3.63) is 71.3 Å². The topological polar surface area (TPSA) is 113 Å². The second-order valence-corrected chi connectivity index (χ2v) is 8.89. The highest BCUT2D eigenvalue weighted by Crippen LogP contribution is 2.23. The number of carbonyl (C=O) groups excluding carboxylic acids is 4. The third-order valence-corrected chi connectivity index (χ3v) is 5.97. The van der Waals surface area contributed by atoms with Crippen LogP contribution in [0.15, 0.2) is 54.6 Å². The summed E-state index contributed by atoms with van der Waals surface area (Å²) < 4.78 is 0. The highest BCUT2D eigenvalue weighted by molar-refractivity contribution is 6.21. The molecule has 1 heterocycles. The van der Waals surface area contributed by atoms with E-state index >= 15 is 0 Å². The van der Waals surface area contributed by atoms with E-state index in [-0.39, 0.29) is 37.2 Å². The van der Waals surface area contributed by atoms with Crippen molar-refractivity contribution in [1.82, 2.24) is 15.1 Å². The molecule has 0 spiro atoms. The molecule has 3 rings (SSSR count). The molecule has 8 nitrogen and oxygen atoms in total. The smallest absolute Gasteiger partial charge is 0.261 e. The van der Waals surface area contributed by atoms with Crippen molar-refractivity contribution in [2.24, 2.45) is 11.7 Å². The molecule has 0 fully saturated rings. The zero-order valence-electron chi connectivity index (χ0n) is 19.9. The molecule has 3 N–H and O–H groups in total. The van der Waals surface area contributed by atoms with Crippen molar-refractivity contribution >= 4 is 23.6 Å². The minimum Gasteiger partial charge on any atom is -0.357 e. The van der Waals surface area contributed by atoms with Crippen LogP contribution in [0.3, 0.4) is 0 Å². The van der Waals surface area contributed by atoms with Crippen molar-refractivity contribution < 1.29 is 19.2 Å². The van der Waals surface area contributed by atoms with Crippen molar-refractivity contribution in [3.8, 4) is 0 Å². The van der Waals surface area contributed by atoms with Gasteiger partial charge in [-0.1, -0.05) is 56.3 Å². The van der Waals surface area contributed by atoms with Gasteiger partial charge < -0.3 is 16.0 Å². The van der Waals surface area contributed by atoms with Gasteiger partial charge in [-0.2, -0.15) is 0 Å². The molecule has 2 aromatic carbocycles. The Kier molecular flexibility index (Phi) is 8.17. The van der Waals surface area contributed by atoms with Gasteiger partial charge in [0.2, 0.25) is 11.8 Å². The van der Waals surface area contributed by atoms with Crippen LogP contribution >= 0.6 is 0 Å². The van der Waals surface area contributed by atoms with Gasteiger partial charge in [-0.05, 0) is 30.0 Å². The molecular weight excluding hydrogens is 432 g/mol. The van der Waals surface area contributed by atoms with Crippen LogP contribution < -0.4 is 11.1 Å². The first-order valence-corrected chi connectivity index (χ1v) is 11.5. The lowest BCUT2D eigenvalue weighted by molar-refractivity contribution is -0.141. The van der Waals surface area contributed by atoms with E-state index in [1.807, 2.05) is 44.2 Å². The van der Waals surface area contributed by atoms with Gasteiger partial charge in [0, 0.05) is 26.6 Å². The van der Waals surface area contributed by atoms with E-state index < -0.39 is 23.9 Å². The molecular formula is C26H32N4O4. The Balaban J connectivity index is 1.88. The van der Waals surface area contributed by atoms with Crippen LogP contribution in [0.4, 0.5) is 0 Å². The molecule has 180 valence electrons. The fraction of sp³-hybridized carbons (Fsp3) is 0.385. The zero-order chi connectivity index (χ0) is 24.8. The Morgan fingerprint density at radius 3 is 2.06 bits per heavy atom. The fourth-order valence-corrected chi connectivity index (χ4v) is 4.24. The Bertz CT molecular complexity index is 1020. The van der Waals surface area contributed by atoms with E-state index in [1.54, 1.807) is 24.3 Å². The second-order valence-electron chi connectivity index (χ2n) is 8.89. The number of fused-ring (bicyclic) bond motifs is 1. The summed E-state index contributed by atoms with van der Waals surface area (Å²) in [5, 5.41) is 2.64. The number of nitrogens with two attached hydrogens (primary N) is 1. The van der Waals surface area contributed by atoms with E-state index in [1.165, 1.54) is 11.9 Å². The van der Waals surface area contributed by atoms with Gasteiger partial charge >= 0.3 is 0 Å². The lowest BCUT2D eigenvalue weighted by Crippen LogP contribution is -2.56. The zero-order valence-corrected chi connectivity index (χ0v) is 19.9. The fourth-order valence-electron chi connectivity index (χ4n) is 4.24. The molecule has 0 saturated heterocycles. The van der Waals surface area contributed by atoms with E-state index in [2.05, 4.69) is 5.32 Å². The SMILES string of the molecule is CNC(=O)[C@H](Cc1ccccc1)N(CCN1C(=O)c2ccccc2C1=O)C(=O)[C@@H](N)CC(C)C. The van der Waals surface area contributed by atoms with Crippen molar-refractivity contribution in [3.63, 3.8) is 0 Å². The lowest BCUT2D eigenvalue weighted by atomic mass is 10.00. The molecule has 0 radical (unpaired) electrons. The monoisotopic (exact) mass is 464 g/mol. The van der Waals surface area contributed by atoms with Gasteiger partial charge in [0.05, 0.1) is 17.2 Å². The predicted molar refractivity (Wildman–Crippen MR) is 129 cm³/mol. The third kappa shape index (κ3) is 5.51. The predicted octanol–water partition coefficient (Wildman–Crippen LogP) is 1.84. The minimum absolute atomic E-state index is 0.00101. The molecule has 34 heavy (non-hydrogen) atoms. The normalized spacial score (nSPS) is 14.7. The number of hydrogen-bond donors (Lipinski definition) is 2. The van der Waals surface area contributed by atoms with Gasteiger partial charge in [-0.15, -0.1) is 0 Å². The molecule has 2 atom stereocenters. The van der Waals surface area contributed by atoms with Crippen molar-refractivity contribution in [2.45, 2.75) is 38.8 Å². The summed E-state index contributed by atoms with van der Waals surface area (Å²) in [5.41, 5.74) is 7.79. The van der Waals surface area contributed by atoms with Gasteiger partial charge in [-0.25, -0.2) is 0 Å². The number of benzene rings is 2. The number of amides is 4. The van der Waals surface area contributed by atoms with Crippen molar-refractivity contribution in [1.29, 1.82) is 0 Å². The number of imide groups is 1. The molecule has 1 aliphatic heterocycles. The maximum absolute atomic E-state index is 13.4. The largest absolute Gasteiger partial charge is 0.357 e. The average molecular weight is 465 g/mol. The van der Waals surface area contributed by atoms with Gasteiger partial charge in [0.15, 0.2) is 0 Å². The number of rotatable bonds is 10. The summed E-state index contributed by atoms with van der Waals surface area (Å²) in [7, 11) is 1.52. The summed E-state index contributed by atoms with van der Waals surface area (Å²) in [6, 6.07) is 14.4. The molecule has 1 aliphatic rings. The van der Waals surface area contributed by atoms with E-state index in [4.69, 9.17) is 5.73 Å². The van der Waals surface area contributed by atoms with Gasteiger partial charge in [0.25, 0.3) is 11.8 Å². The molecule has 0 bridgehead atoms. The summed E-state index contributed by atoms with van der Waals surface area (Å²) in [6.45, 7) is 3.91. The maximum Gasteiger partial charge on any atom is 0.261 e. The molecule has 0 aliphatic carbocycles. The van der Waals surface area contributed by atoms with E-state index in [0.717, 1.165) is 10.5 Å². The molecule has 2 aromatic rings. The van der Waals surface area contributed by atoms with Crippen LogP contribution in [0.2, 0.25) is 0 Å². The maximum atomic E-state index is 13.4. The first-order chi connectivity index (χ1) is 16.2. The van der Waals surface area contributed by atoms with Gasteiger partial charge in [-0.3, -0.25) is 24.1 Å². The standard InChI is InChI=1S/C26H32N4O4/c1-17(2)15-21(27)26(34)29(22(23(31)28-3)16-18-9-5-4-6-10-18)13-14-30-24(32)19-11-7-8-12-20(19)25(30)33/h4-12,17,21-22H,13-16,27H2,1-3H3,(H,28,31)/t21-,22-/m0/s1. The molecule has 0 saturated carbocycles. The van der Waals surface area contributed by atoms with Crippen LogP contribution in [0, 0.1) is 5.92 Å². The molecule has 0 unspecified atom stereocenters. The molecule has 4 amide bonds. The van der Waals surface area contributed by atoms with Crippen LogP contribution in [0.5, 0.6) is 0 Å². The first-order valence-electron chi connectivity index (χ1n) is 11.5. The number of nitrogens with one attached hydrogen (secondary N) is 1. The summed E-state index contributed by atoms with van der Waals surface area (Å²) in [5.74, 6) is -1.34. The summed E-state index contributed by atoms with van der Waals surface area (Å²) >= 11 is 0. The van der Waals surface area contributed by atoms with Crippen LogP contribution in [-0.4, -0.2) is 65.6 Å². The van der Waals surface area contributed by atoms with Crippen LogP contribution in [0.1, 0.15) is 46.5 Å². The molecule has 8 heteroatoms. The number of hydrogen-bond acceptors (Lipinski definition) is 5. The third-order valence-electron chi connectivity index (χ3n) is 5.97. The van der Waals surface area contributed by atoms with Crippen molar-refractivity contribution in [2.75, 3.05) is 20.1 Å². The molecule has 0 aromatic heterocycles.